The van der Waals surface area contributed by atoms with E-state index in [-0.39, 0.29) is 0 Å². The van der Waals surface area contributed by atoms with Gasteiger partial charge in [-0.05, 0) is 43.3 Å². The molecule has 0 spiro atoms. The molecule has 0 heterocycles. The van der Waals surface area contributed by atoms with Gasteiger partial charge in [-0.1, -0.05) is 53.4 Å². The summed E-state index contributed by atoms with van der Waals surface area (Å²) in [4.78, 5) is 0. The van der Waals surface area contributed by atoms with Crippen LogP contribution in [0.5, 0.6) is 0 Å². The van der Waals surface area contributed by atoms with Crippen LogP contribution in [0.25, 0.3) is 0 Å². The van der Waals surface area contributed by atoms with E-state index in [0.29, 0.717) is 6.10 Å². The molecule has 0 amide bonds. The van der Waals surface area contributed by atoms with Gasteiger partial charge < -0.3 is 4.43 Å². The highest BCUT2D eigenvalue weighted by Gasteiger charge is 2.48. The summed E-state index contributed by atoms with van der Waals surface area (Å²) < 4.78 is 6.61. The fraction of sp³-hybridized carbons (Fsp3) is 1.00. The van der Waals surface area contributed by atoms with E-state index >= 15 is 0 Å². The minimum absolute atomic E-state index is 0.543. The Kier molecular flexibility index (Phi) is 5.92. The van der Waals surface area contributed by atoms with Crippen LogP contribution in [-0.4, -0.2) is 14.4 Å². The zero-order chi connectivity index (χ0) is 13.9. The molecule has 0 N–H and O–H groups in total. The maximum Gasteiger partial charge on any atom is 0.184 e. The largest absolute Gasteiger partial charge is 0.414 e. The van der Waals surface area contributed by atoms with Crippen molar-refractivity contribution in [1.29, 1.82) is 0 Å². The van der Waals surface area contributed by atoms with Crippen LogP contribution >= 0.6 is 0 Å². The Morgan fingerprint density at radius 1 is 0.667 bits per heavy atom. The van der Waals surface area contributed by atoms with Crippen LogP contribution in [0.4, 0.5) is 0 Å². The lowest BCUT2D eigenvalue weighted by Crippen LogP contribution is -2.38. The molecular formula is C16H34OSi. The second kappa shape index (κ2) is 6.56. The molecular weight excluding hydrogens is 236 g/mol. The van der Waals surface area contributed by atoms with E-state index < -0.39 is 8.32 Å². The van der Waals surface area contributed by atoms with Gasteiger partial charge in [0.2, 0.25) is 0 Å². The van der Waals surface area contributed by atoms with Crippen molar-refractivity contribution in [2.24, 2.45) is 23.7 Å². The summed E-state index contributed by atoms with van der Waals surface area (Å²) in [5.74, 6) is 3.39. The summed E-state index contributed by atoms with van der Waals surface area (Å²) in [5, 5.41) is 0. The molecule has 0 aromatic heterocycles. The SMILES string of the molecule is CCC1C(CC)C(CC)C(O[Si](C)(C)C)C1CC. The Balaban J connectivity index is 2.96. The molecule has 1 aliphatic rings. The molecule has 1 aliphatic carbocycles. The van der Waals surface area contributed by atoms with Gasteiger partial charge in [0.25, 0.3) is 0 Å². The molecule has 0 radical (unpaired) electrons. The predicted octanol–water partition coefficient (Wildman–Crippen LogP) is 5.32. The van der Waals surface area contributed by atoms with Gasteiger partial charge in [-0.25, -0.2) is 0 Å². The van der Waals surface area contributed by atoms with Gasteiger partial charge in [0.1, 0.15) is 0 Å². The molecule has 2 heteroatoms. The van der Waals surface area contributed by atoms with Crippen molar-refractivity contribution < 1.29 is 4.43 Å². The highest BCUT2D eigenvalue weighted by molar-refractivity contribution is 6.69. The standard InChI is InChI=1S/C16H34OSi/c1-8-12-13(9-2)15(11-4)16(14(12)10-3)17-18(5,6)7/h12-16H,8-11H2,1-7H3. The van der Waals surface area contributed by atoms with E-state index in [1.165, 1.54) is 25.7 Å². The van der Waals surface area contributed by atoms with Gasteiger partial charge in [0.05, 0.1) is 6.10 Å². The van der Waals surface area contributed by atoms with E-state index in [4.69, 9.17) is 4.43 Å². The van der Waals surface area contributed by atoms with Crippen LogP contribution in [0.1, 0.15) is 53.4 Å². The quantitative estimate of drug-likeness (QED) is 0.593. The summed E-state index contributed by atoms with van der Waals surface area (Å²) in [6, 6.07) is 0. The minimum atomic E-state index is -1.42. The van der Waals surface area contributed by atoms with Gasteiger partial charge in [-0.2, -0.15) is 0 Å². The summed E-state index contributed by atoms with van der Waals surface area (Å²) in [6.45, 7) is 16.5. The van der Waals surface area contributed by atoms with Gasteiger partial charge in [0, 0.05) is 0 Å². The summed E-state index contributed by atoms with van der Waals surface area (Å²) in [6.07, 6.45) is 5.79. The Labute approximate surface area is 116 Å². The Bertz CT molecular complexity index is 228. The van der Waals surface area contributed by atoms with Crippen LogP contribution in [0.2, 0.25) is 19.6 Å². The molecule has 18 heavy (non-hydrogen) atoms. The maximum absolute atomic E-state index is 6.61. The van der Waals surface area contributed by atoms with Gasteiger partial charge in [-0.15, -0.1) is 0 Å². The molecule has 0 aliphatic heterocycles. The van der Waals surface area contributed by atoms with Crippen molar-refractivity contribution in [3.8, 4) is 0 Å². The predicted molar refractivity (Wildman–Crippen MR) is 83.3 cm³/mol. The van der Waals surface area contributed by atoms with Gasteiger partial charge in [0.15, 0.2) is 8.32 Å². The lowest BCUT2D eigenvalue weighted by Gasteiger charge is -2.32. The van der Waals surface area contributed by atoms with E-state index in [1.54, 1.807) is 0 Å². The van der Waals surface area contributed by atoms with Crippen LogP contribution < -0.4 is 0 Å². The Hall–Kier alpha value is 0.177. The Morgan fingerprint density at radius 3 is 1.22 bits per heavy atom. The van der Waals surface area contributed by atoms with E-state index in [1.807, 2.05) is 0 Å². The van der Waals surface area contributed by atoms with E-state index in [2.05, 4.69) is 47.3 Å². The molecule has 0 aromatic rings. The third-order valence-corrected chi connectivity index (χ3v) is 5.85. The average Bonchev–Trinajstić information content (AvgIpc) is 2.58. The summed E-state index contributed by atoms with van der Waals surface area (Å²) >= 11 is 0. The molecule has 1 rings (SSSR count). The first-order valence-corrected chi connectivity index (χ1v) is 11.5. The fourth-order valence-electron chi connectivity index (χ4n) is 4.30. The molecule has 1 saturated carbocycles. The van der Waals surface area contributed by atoms with Crippen LogP contribution in [0.15, 0.2) is 0 Å². The smallest absolute Gasteiger partial charge is 0.184 e. The lowest BCUT2D eigenvalue weighted by atomic mass is 9.82. The van der Waals surface area contributed by atoms with Crippen molar-refractivity contribution in [3.63, 3.8) is 0 Å². The van der Waals surface area contributed by atoms with E-state index in [9.17, 15) is 0 Å². The molecule has 4 unspecified atom stereocenters. The molecule has 4 atom stereocenters. The first-order chi connectivity index (χ1) is 8.39. The zero-order valence-corrected chi connectivity index (χ0v) is 14.6. The highest BCUT2D eigenvalue weighted by Crippen LogP contribution is 2.49. The van der Waals surface area contributed by atoms with Crippen molar-refractivity contribution in [2.75, 3.05) is 0 Å². The first kappa shape index (κ1) is 16.2. The number of hydrogen-bond acceptors (Lipinski definition) is 1. The summed E-state index contributed by atoms with van der Waals surface area (Å²) in [7, 11) is -1.42. The minimum Gasteiger partial charge on any atom is -0.414 e. The molecule has 0 saturated heterocycles. The van der Waals surface area contributed by atoms with Crippen LogP contribution in [0.3, 0.4) is 0 Å². The number of rotatable bonds is 6. The lowest BCUT2D eigenvalue weighted by molar-refractivity contribution is 0.0927. The highest BCUT2D eigenvalue weighted by atomic mass is 28.4. The summed E-state index contributed by atoms with van der Waals surface area (Å²) in [5.41, 5.74) is 0. The van der Waals surface area contributed by atoms with Crippen LogP contribution in [-0.2, 0) is 4.43 Å². The normalized spacial score (nSPS) is 37.2. The van der Waals surface area contributed by atoms with Crippen molar-refractivity contribution in [1.82, 2.24) is 0 Å². The second-order valence-corrected chi connectivity index (χ2v) is 11.4. The monoisotopic (exact) mass is 270 g/mol. The molecule has 1 nitrogen and oxygen atoms in total. The van der Waals surface area contributed by atoms with Crippen molar-refractivity contribution >= 4 is 8.32 Å². The second-order valence-electron chi connectivity index (χ2n) is 6.98. The average molecular weight is 271 g/mol. The molecule has 0 bridgehead atoms. The first-order valence-electron chi connectivity index (χ1n) is 8.07. The van der Waals surface area contributed by atoms with Gasteiger partial charge in [-0.3, -0.25) is 0 Å². The zero-order valence-electron chi connectivity index (χ0n) is 13.6. The molecule has 108 valence electrons. The topological polar surface area (TPSA) is 9.23 Å². The fourth-order valence-corrected chi connectivity index (χ4v) is 5.47. The molecule has 1 fully saturated rings. The van der Waals surface area contributed by atoms with E-state index in [0.717, 1.165) is 23.7 Å². The molecule has 0 aromatic carbocycles. The Morgan fingerprint density at radius 2 is 1.00 bits per heavy atom. The van der Waals surface area contributed by atoms with Gasteiger partial charge >= 0.3 is 0 Å². The third-order valence-electron chi connectivity index (χ3n) is 4.87. The maximum atomic E-state index is 6.61. The number of hydrogen-bond donors (Lipinski definition) is 0. The third kappa shape index (κ3) is 3.39. The van der Waals surface area contributed by atoms with Crippen LogP contribution in [0, 0.1) is 23.7 Å². The van der Waals surface area contributed by atoms with Crippen molar-refractivity contribution in [2.45, 2.75) is 79.1 Å². The van der Waals surface area contributed by atoms with Crippen molar-refractivity contribution in [3.05, 3.63) is 0 Å².